The predicted molar refractivity (Wildman–Crippen MR) is 87.8 cm³/mol. The molecular formula is C19H17S+. The molecule has 2 aromatic carbocycles. The Labute approximate surface area is 123 Å². The average molecular weight is 277 g/mol. The number of hydrogen-bond donors (Lipinski definition) is 0. The Kier molecular flexibility index (Phi) is 4.19. The van der Waals surface area contributed by atoms with Gasteiger partial charge in [0.15, 0.2) is 14.7 Å². The molecule has 0 amide bonds. The summed E-state index contributed by atoms with van der Waals surface area (Å²) in [5, 5.41) is 0. The van der Waals surface area contributed by atoms with Crippen LogP contribution in [0, 0.1) is 0 Å². The van der Waals surface area contributed by atoms with Gasteiger partial charge in [0, 0.05) is 0 Å². The van der Waals surface area contributed by atoms with Crippen LogP contribution in [0.25, 0.3) is 0 Å². The number of hydrogen-bond acceptors (Lipinski definition) is 0. The van der Waals surface area contributed by atoms with Crippen molar-refractivity contribution in [1.82, 2.24) is 0 Å². The fourth-order valence-electron chi connectivity index (χ4n) is 2.22. The molecule has 0 aromatic heterocycles. The van der Waals surface area contributed by atoms with Gasteiger partial charge in [-0.25, -0.2) is 0 Å². The summed E-state index contributed by atoms with van der Waals surface area (Å²) >= 11 is 0. The summed E-state index contributed by atoms with van der Waals surface area (Å²) in [7, 11) is -0.0257. The second kappa shape index (κ2) is 6.44. The quantitative estimate of drug-likeness (QED) is 0.683. The minimum Gasteiger partial charge on any atom is -0.0806 e. The number of allylic oxidation sites excluding steroid dienone is 5. The van der Waals surface area contributed by atoms with E-state index in [1.165, 1.54) is 14.7 Å². The van der Waals surface area contributed by atoms with Crippen molar-refractivity contribution < 1.29 is 0 Å². The molecule has 20 heavy (non-hydrogen) atoms. The van der Waals surface area contributed by atoms with E-state index in [1.54, 1.807) is 0 Å². The lowest BCUT2D eigenvalue weighted by Crippen LogP contribution is -2.05. The van der Waals surface area contributed by atoms with E-state index in [0.29, 0.717) is 0 Å². The second-order valence-electron chi connectivity index (χ2n) is 4.57. The molecule has 0 bridgehead atoms. The van der Waals surface area contributed by atoms with Crippen LogP contribution in [-0.4, -0.2) is 0 Å². The van der Waals surface area contributed by atoms with Crippen LogP contribution in [0.15, 0.2) is 106 Å². The van der Waals surface area contributed by atoms with Gasteiger partial charge in [-0.15, -0.1) is 0 Å². The van der Waals surface area contributed by atoms with Crippen molar-refractivity contribution in [3.8, 4) is 0 Å². The summed E-state index contributed by atoms with van der Waals surface area (Å²) in [4.78, 5) is 4.10. The van der Waals surface area contributed by atoms with Gasteiger partial charge < -0.3 is 0 Å². The zero-order valence-electron chi connectivity index (χ0n) is 11.3. The molecule has 0 radical (unpaired) electrons. The van der Waals surface area contributed by atoms with Crippen LogP contribution in [-0.2, 0) is 10.9 Å². The fraction of sp³-hybridized carbons (Fsp3) is 0.0526. The van der Waals surface area contributed by atoms with Crippen molar-refractivity contribution in [3.63, 3.8) is 0 Å². The smallest absolute Gasteiger partial charge is 0.0806 e. The molecule has 0 spiro atoms. The molecule has 1 heteroatoms. The zero-order valence-corrected chi connectivity index (χ0v) is 12.1. The lowest BCUT2D eigenvalue weighted by atomic mass is 10.4. The summed E-state index contributed by atoms with van der Waals surface area (Å²) in [5.41, 5.74) is 0. The molecule has 2 aromatic rings. The van der Waals surface area contributed by atoms with Crippen molar-refractivity contribution in [1.29, 1.82) is 0 Å². The Balaban J connectivity index is 2.09. The predicted octanol–water partition coefficient (Wildman–Crippen LogP) is 5.12. The van der Waals surface area contributed by atoms with Crippen molar-refractivity contribution in [2.24, 2.45) is 0 Å². The second-order valence-corrected chi connectivity index (χ2v) is 6.59. The fourth-order valence-corrected chi connectivity index (χ4v) is 4.34. The minimum absolute atomic E-state index is 0.0257. The van der Waals surface area contributed by atoms with Crippen molar-refractivity contribution in [2.45, 2.75) is 16.2 Å². The molecule has 0 nitrogen and oxygen atoms in total. The van der Waals surface area contributed by atoms with E-state index in [9.17, 15) is 0 Å². The SMILES string of the molecule is C1=CCC=CC([S+](c2ccccc2)c2ccccc2)=C1. The number of rotatable bonds is 3. The van der Waals surface area contributed by atoms with Gasteiger partial charge in [-0.1, -0.05) is 54.6 Å². The van der Waals surface area contributed by atoms with Gasteiger partial charge in [-0.2, -0.15) is 0 Å². The minimum atomic E-state index is -0.0257. The monoisotopic (exact) mass is 277 g/mol. The Morgan fingerprint density at radius 2 is 1.30 bits per heavy atom. The van der Waals surface area contributed by atoms with E-state index in [4.69, 9.17) is 0 Å². The molecule has 3 rings (SSSR count). The lowest BCUT2D eigenvalue weighted by Gasteiger charge is -2.07. The van der Waals surface area contributed by atoms with Gasteiger partial charge in [0.2, 0.25) is 0 Å². The van der Waals surface area contributed by atoms with Crippen molar-refractivity contribution in [3.05, 3.63) is 95.9 Å². The highest BCUT2D eigenvalue weighted by Crippen LogP contribution is 2.31. The Morgan fingerprint density at radius 3 is 1.90 bits per heavy atom. The highest BCUT2D eigenvalue weighted by Gasteiger charge is 2.28. The third kappa shape index (κ3) is 2.94. The lowest BCUT2D eigenvalue weighted by molar-refractivity contribution is 1.37. The number of benzene rings is 2. The van der Waals surface area contributed by atoms with Crippen LogP contribution in [0.1, 0.15) is 6.42 Å². The van der Waals surface area contributed by atoms with E-state index in [1.807, 2.05) is 0 Å². The van der Waals surface area contributed by atoms with E-state index >= 15 is 0 Å². The van der Waals surface area contributed by atoms with Crippen LogP contribution in [0.4, 0.5) is 0 Å². The molecule has 0 saturated carbocycles. The topological polar surface area (TPSA) is 0 Å². The Hall–Kier alpha value is -1.99. The van der Waals surface area contributed by atoms with Crippen molar-refractivity contribution >= 4 is 10.9 Å². The van der Waals surface area contributed by atoms with E-state index in [-0.39, 0.29) is 10.9 Å². The van der Waals surface area contributed by atoms with Gasteiger partial charge in [0.1, 0.15) is 0 Å². The average Bonchev–Trinajstić information content (AvgIpc) is 2.79. The van der Waals surface area contributed by atoms with Crippen LogP contribution in [0.5, 0.6) is 0 Å². The molecule has 0 fully saturated rings. The molecule has 0 unspecified atom stereocenters. The molecule has 1 aliphatic carbocycles. The first-order valence-electron chi connectivity index (χ1n) is 6.83. The summed E-state index contributed by atoms with van der Waals surface area (Å²) in [6.07, 6.45) is 12.1. The molecule has 0 saturated heterocycles. The van der Waals surface area contributed by atoms with E-state index in [2.05, 4.69) is 91.0 Å². The first kappa shape index (κ1) is 13.0. The first-order chi connectivity index (χ1) is 9.95. The highest BCUT2D eigenvalue weighted by atomic mass is 32.2. The highest BCUT2D eigenvalue weighted by molar-refractivity contribution is 8.00. The van der Waals surface area contributed by atoms with Gasteiger partial charge >= 0.3 is 0 Å². The molecular weight excluding hydrogens is 260 g/mol. The van der Waals surface area contributed by atoms with Crippen molar-refractivity contribution in [2.75, 3.05) is 0 Å². The maximum atomic E-state index is 2.27. The molecule has 98 valence electrons. The van der Waals surface area contributed by atoms with E-state index < -0.39 is 0 Å². The first-order valence-corrected chi connectivity index (χ1v) is 8.05. The Bertz CT molecular complexity index is 596. The Morgan fingerprint density at radius 1 is 0.700 bits per heavy atom. The third-order valence-electron chi connectivity index (χ3n) is 3.14. The zero-order chi connectivity index (χ0) is 13.6. The summed E-state index contributed by atoms with van der Waals surface area (Å²) in [6, 6.07) is 21.5. The summed E-state index contributed by atoms with van der Waals surface area (Å²) < 4.78 is 0. The largest absolute Gasteiger partial charge is 0.166 e. The van der Waals surface area contributed by atoms with Crippen LogP contribution >= 0.6 is 0 Å². The third-order valence-corrected chi connectivity index (χ3v) is 5.38. The van der Waals surface area contributed by atoms with Crippen LogP contribution < -0.4 is 0 Å². The van der Waals surface area contributed by atoms with E-state index in [0.717, 1.165) is 6.42 Å². The molecule has 0 heterocycles. The summed E-state index contributed by atoms with van der Waals surface area (Å²) in [5.74, 6) is 0. The van der Waals surface area contributed by atoms with Gasteiger partial charge in [0.25, 0.3) is 0 Å². The standard InChI is InChI=1S/C19H17S/c1-2-6-12-17(11-5-1)20(18-13-7-3-8-14-18)19-15-9-4-10-16-19/h1,3-16H,2H2/q+1. The molecule has 0 aliphatic heterocycles. The van der Waals surface area contributed by atoms with Crippen LogP contribution in [0.2, 0.25) is 0 Å². The molecule has 0 atom stereocenters. The van der Waals surface area contributed by atoms with Gasteiger partial charge in [-0.3, -0.25) is 0 Å². The maximum Gasteiger partial charge on any atom is 0.166 e. The van der Waals surface area contributed by atoms with Gasteiger partial charge in [0.05, 0.1) is 10.9 Å². The summed E-state index contributed by atoms with van der Waals surface area (Å²) in [6.45, 7) is 0. The normalized spacial score (nSPS) is 14.2. The van der Waals surface area contributed by atoms with Gasteiger partial charge in [-0.05, 0) is 42.8 Å². The molecule has 1 aliphatic rings. The maximum absolute atomic E-state index is 2.27. The van der Waals surface area contributed by atoms with Crippen LogP contribution in [0.3, 0.4) is 0 Å². The molecule has 0 N–H and O–H groups in total.